The highest BCUT2D eigenvalue weighted by molar-refractivity contribution is 7.99. The molecule has 0 aromatic carbocycles. The Hall–Kier alpha value is -1.97. The Morgan fingerprint density at radius 1 is 1.26 bits per heavy atom. The van der Waals surface area contributed by atoms with Gasteiger partial charge in [0.05, 0.1) is 21.3 Å². The quantitative estimate of drug-likeness (QED) is 0.462. The summed E-state index contributed by atoms with van der Waals surface area (Å²) in [6.07, 6.45) is 5.18. The van der Waals surface area contributed by atoms with E-state index in [-0.39, 0.29) is 0 Å². The Morgan fingerprint density at radius 3 is 2.74 bits per heavy atom. The number of rotatable bonds is 6. The molecular formula is C22H29N5OS3. The van der Waals surface area contributed by atoms with Gasteiger partial charge in [0.2, 0.25) is 6.41 Å². The van der Waals surface area contributed by atoms with Crippen molar-refractivity contribution in [3.63, 3.8) is 0 Å². The molecule has 1 saturated heterocycles. The number of nitrogens with one attached hydrogen (secondary N) is 1. The summed E-state index contributed by atoms with van der Waals surface area (Å²) in [4.78, 5) is 27.0. The van der Waals surface area contributed by atoms with Crippen molar-refractivity contribution in [2.24, 2.45) is 0 Å². The summed E-state index contributed by atoms with van der Waals surface area (Å²) in [6, 6.07) is 4.50. The second kappa shape index (κ2) is 11.6. The minimum Gasteiger partial charge on any atom is -0.341 e. The van der Waals surface area contributed by atoms with Crippen molar-refractivity contribution in [3.05, 3.63) is 40.0 Å². The molecule has 6 nitrogen and oxygen atoms in total. The first-order chi connectivity index (χ1) is 15.0. The summed E-state index contributed by atoms with van der Waals surface area (Å²) < 4.78 is 0. The fourth-order valence-electron chi connectivity index (χ4n) is 3.24. The third-order valence-electron chi connectivity index (χ3n) is 4.82. The summed E-state index contributed by atoms with van der Waals surface area (Å²) in [5.41, 5.74) is 3.16. The van der Waals surface area contributed by atoms with Crippen LogP contribution in [0.2, 0.25) is 0 Å². The Labute approximate surface area is 196 Å². The molecule has 3 aromatic rings. The molecule has 1 aliphatic heterocycles. The molecule has 4 heterocycles. The molecule has 0 aliphatic carbocycles. The van der Waals surface area contributed by atoms with E-state index in [1.807, 2.05) is 55.8 Å². The van der Waals surface area contributed by atoms with Crippen molar-refractivity contribution in [2.75, 3.05) is 23.4 Å². The second-order valence-corrected chi connectivity index (χ2v) is 10.6. The van der Waals surface area contributed by atoms with Crippen LogP contribution in [0.15, 0.2) is 23.7 Å². The number of aromatic nitrogens is 3. The molecule has 9 heteroatoms. The number of pyridine rings is 1. The fraction of sp³-hybridized carbons (Fsp3) is 0.455. The molecule has 3 aromatic heterocycles. The molecule has 0 saturated carbocycles. The van der Waals surface area contributed by atoms with Crippen molar-refractivity contribution in [1.29, 1.82) is 0 Å². The lowest BCUT2D eigenvalue weighted by Crippen LogP contribution is -2.41. The van der Waals surface area contributed by atoms with Crippen LogP contribution in [0.1, 0.15) is 36.0 Å². The van der Waals surface area contributed by atoms with Crippen molar-refractivity contribution >= 4 is 51.8 Å². The first-order valence-electron chi connectivity index (χ1n) is 10.4. The van der Waals surface area contributed by atoms with Crippen LogP contribution in [0.3, 0.4) is 0 Å². The van der Waals surface area contributed by atoms with Gasteiger partial charge in [0, 0.05) is 35.7 Å². The van der Waals surface area contributed by atoms with Crippen LogP contribution >= 0.6 is 34.4 Å². The second-order valence-electron chi connectivity index (χ2n) is 7.39. The summed E-state index contributed by atoms with van der Waals surface area (Å²) in [6.45, 7) is 9.17. The van der Waals surface area contributed by atoms with Crippen LogP contribution in [0.4, 0.5) is 10.9 Å². The van der Waals surface area contributed by atoms with E-state index in [0.717, 1.165) is 68.7 Å². The normalized spacial score (nSPS) is 15.9. The third kappa shape index (κ3) is 6.75. The topological polar surface area (TPSA) is 71.0 Å². The summed E-state index contributed by atoms with van der Waals surface area (Å²) >= 11 is 5.22. The molecule has 1 atom stereocenters. The number of thioether (sulfide) groups is 1. The first-order valence-corrected chi connectivity index (χ1v) is 13.2. The molecule has 4 rings (SSSR count). The van der Waals surface area contributed by atoms with Crippen LogP contribution in [0, 0.1) is 20.8 Å². The molecule has 1 aliphatic rings. The number of hydrogen-bond donors (Lipinski definition) is 1. The van der Waals surface area contributed by atoms with Gasteiger partial charge in [-0.25, -0.2) is 15.0 Å². The number of amides is 1. The van der Waals surface area contributed by atoms with Gasteiger partial charge in [0.25, 0.3) is 0 Å². The van der Waals surface area contributed by atoms with E-state index in [0.29, 0.717) is 6.04 Å². The van der Waals surface area contributed by atoms with Crippen molar-refractivity contribution < 1.29 is 4.79 Å². The highest BCUT2D eigenvalue weighted by atomic mass is 32.2. The molecule has 0 radical (unpaired) electrons. The Balaban J connectivity index is 0.000000210. The van der Waals surface area contributed by atoms with Gasteiger partial charge in [0.15, 0.2) is 5.13 Å². The van der Waals surface area contributed by atoms with E-state index in [9.17, 15) is 4.79 Å². The van der Waals surface area contributed by atoms with Gasteiger partial charge in [-0.3, -0.25) is 4.79 Å². The average Bonchev–Trinajstić information content (AvgIpc) is 3.36. The SMILES string of the molecule is CCC[C@H]1CSCCN1C=O.Cc1ccc(Nc2nc(-c3sc(C)nc3C)cs2)nc1. The predicted molar refractivity (Wildman–Crippen MR) is 134 cm³/mol. The Morgan fingerprint density at radius 2 is 2.10 bits per heavy atom. The molecule has 1 fully saturated rings. The smallest absolute Gasteiger partial charge is 0.210 e. The van der Waals surface area contributed by atoms with Crippen molar-refractivity contribution in [2.45, 2.75) is 46.6 Å². The lowest BCUT2D eigenvalue weighted by Gasteiger charge is -2.32. The monoisotopic (exact) mass is 475 g/mol. The molecule has 31 heavy (non-hydrogen) atoms. The zero-order chi connectivity index (χ0) is 22.2. The van der Waals surface area contributed by atoms with Gasteiger partial charge in [0.1, 0.15) is 5.82 Å². The maximum Gasteiger partial charge on any atom is 0.210 e. The zero-order valence-electron chi connectivity index (χ0n) is 18.4. The van der Waals surface area contributed by atoms with Gasteiger partial charge >= 0.3 is 0 Å². The molecule has 0 bridgehead atoms. The number of aryl methyl sites for hydroxylation is 3. The van der Waals surface area contributed by atoms with Crippen LogP contribution < -0.4 is 5.32 Å². The highest BCUT2D eigenvalue weighted by Crippen LogP contribution is 2.32. The van der Waals surface area contributed by atoms with Gasteiger partial charge in [-0.1, -0.05) is 19.4 Å². The minimum atomic E-state index is 0.510. The molecule has 0 spiro atoms. The molecule has 0 unspecified atom stereocenters. The van der Waals surface area contributed by atoms with E-state index >= 15 is 0 Å². The number of carbonyl (C=O) groups excluding carboxylic acids is 1. The van der Waals surface area contributed by atoms with Crippen LogP contribution in [-0.2, 0) is 4.79 Å². The van der Waals surface area contributed by atoms with Gasteiger partial charge in [-0.05, 0) is 38.8 Å². The molecule has 166 valence electrons. The predicted octanol–water partition coefficient (Wildman–Crippen LogP) is 5.69. The van der Waals surface area contributed by atoms with Crippen LogP contribution in [0.5, 0.6) is 0 Å². The molecule has 1 amide bonds. The maximum atomic E-state index is 10.6. The van der Waals surface area contributed by atoms with E-state index in [2.05, 4.69) is 32.6 Å². The Bertz CT molecular complexity index is 968. The largest absolute Gasteiger partial charge is 0.341 e. The molecular weight excluding hydrogens is 446 g/mol. The van der Waals surface area contributed by atoms with Crippen molar-refractivity contribution in [1.82, 2.24) is 19.9 Å². The summed E-state index contributed by atoms with van der Waals surface area (Å²) in [5.74, 6) is 3.06. The Kier molecular flexibility index (Phi) is 8.86. The standard InChI is InChI=1S/C14H14N4S2.C8H15NOS/c1-8-4-5-12(15-6-8)18-14-17-11(7-19-14)13-9(2)16-10(3)20-13;1-2-3-8-6-11-5-4-9(8)7-10/h4-7H,1-3H3,(H,15,17,18);7-8H,2-6H2,1H3/t;8-/m.0/s1. The van der Waals surface area contributed by atoms with E-state index in [4.69, 9.17) is 0 Å². The number of anilines is 2. The van der Waals surface area contributed by atoms with Gasteiger partial charge < -0.3 is 10.2 Å². The average molecular weight is 476 g/mol. The van der Waals surface area contributed by atoms with E-state index in [1.165, 1.54) is 6.42 Å². The minimum absolute atomic E-state index is 0.510. The number of nitrogens with zero attached hydrogens (tertiary/aromatic N) is 4. The van der Waals surface area contributed by atoms with E-state index < -0.39 is 0 Å². The van der Waals surface area contributed by atoms with E-state index in [1.54, 1.807) is 22.7 Å². The lowest BCUT2D eigenvalue weighted by atomic mass is 10.2. The highest BCUT2D eigenvalue weighted by Gasteiger charge is 2.19. The van der Waals surface area contributed by atoms with Gasteiger partial charge in [-0.15, -0.1) is 22.7 Å². The van der Waals surface area contributed by atoms with Gasteiger partial charge in [-0.2, -0.15) is 11.8 Å². The fourth-order valence-corrected chi connectivity index (χ4v) is 6.04. The third-order valence-corrected chi connectivity index (χ3v) is 7.76. The zero-order valence-corrected chi connectivity index (χ0v) is 20.9. The summed E-state index contributed by atoms with van der Waals surface area (Å²) in [5, 5.41) is 7.20. The number of hydrogen-bond acceptors (Lipinski definition) is 8. The lowest BCUT2D eigenvalue weighted by molar-refractivity contribution is -0.119. The number of thiazole rings is 2. The van der Waals surface area contributed by atoms with Crippen LogP contribution in [0.25, 0.3) is 10.6 Å². The van der Waals surface area contributed by atoms with Crippen LogP contribution in [-0.4, -0.2) is 50.4 Å². The summed E-state index contributed by atoms with van der Waals surface area (Å²) in [7, 11) is 0. The van der Waals surface area contributed by atoms with Crippen molar-refractivity contribution in [3.8, 4) is 10.6 Å². The number of carbonyl (C=O) groups is 1. The maximum absolute atomic E-state index is 10.6. The first kappa shape index (κ1) is 23.7. The molecule has 1 N–H and O–H groups in total.